The Labute approximate surface area is 121 Å². The zero-order valence-electron chi connectivity index (χ0n) is 12.5. The van der Waals surface area contributed by atoms with Gasteiger partial charge in [0.25, 0.3) is 0 Å². The summed E-state index contributed by atoms with van der Waals surface area (Å²) in [6.07, 6.45) is 7.84. The molecule has 106 valence electrons. The van der Waals surface area contributed by atoms with Gasteiger partial charge in [0.05, 0.1) is 6.33 Å². The Kier molecular flexibility index (Phi) is 5.13. The lowest BCUT2D eigenvalue weighted by atomic mass is 10.00. The Bertz CT molecular complexity index is 536. The molecule has 0 atom stereocenters. The standard InChI is InChI=1S/C17H23N3/c1-4-18-12-16(14(2)3)11-15-5-7-17(8-6-15)20-10-9-19-13-20/h5-11,13-14,18H,4,12H2,1-3H3. The van der Waals surface area contributed by atoms with E-state index in [0.717, 1.165) is 18.8 Å². The van der Waals surface area contributed by atoms with Gasteiger partial charge >= 0.3 is 0 Å². The van der Waals surface area contributed by atoms with E-state index in [1.807, 2.05) is 17.1 Å². The molecular formula is C17H23N3. The first-order chi connectivity index (χ1) is 9.70. The van der Waals surface area contributed by atoms with Crippen molar-refractivity contribution >= 4 is 6.08 Å². The van der Waals surface area contributed by atoms with Crippen LogP contribution in [0.5, 0.6) is 0 Å². The van der Waals surface area contributed by atoms with E-state index in [9.17, 15) is 0 Å². The summed E-state index contributed by atoms with van der Waals surface area (Å²) in [5.41, 5.74) is 3.81. The second-order valence-corrected chi connectivity index (χ2v) is 5.22. The highest BCUT2D eigenvalue weighted by molar-refractivity contribution is 5.55. The molecule has 1 heterocycles. The van der Waals surface area contributed by atoms with E-state index >= 15 is 0 Å². The minimum atomic E-state index is 0.558. The molecule has 0 bridgehead atoms. The molecule has 0 radical (unpaired) electrons. The molecule has 0 saturated carbocycles. The van der Waals surface area contributed by atoms with Crippen LogP contribution in [0.1, 0.15) is 26.3 Å². The number of aromatic nitrogens is 2. The average molecular weight is 269 g/mol. The smallest absolute Gasteiger partial charge is 0.0991 e. The number of hydrogen-bond acceptors (Lipinski definition) is 2. The molecule has 2 aromatic rings. The number of hydrogen-bond donors (Lipinski definition) is 1. The molecule has 0 spiro atoms. The number of benzene rings is 1. The van der Waals surface area contributed by atoms with Crippen molar-refractivity contribution in [3.63, 3.8) is 0 Å². The lowest BCUT2D eigenvalue weighted by Gasteiger charge is -2.12. The first-order valence-electron chi connectivity index (χ1n) is 7.20. The summed E-state index contributed by atoms with van der Waals surface area (Å²) in [6, 6.07) is 8.56. The molecule has 0 unspecified atom stereocenters. The van der Waals surface area contributed by atoms with Crippen molar-refractivity contribution in [2.75, 3.05) is 13.1 Å². The van der Waals surface area contributed by atoms with Crippen LogP contribution < -0.4 is 5.32 Å². The van der Waals surface area contributed by atoms with Gasteiger partial charge in [-0.25, -0.2) is 4.98 Å². The van der Waals surface area contributed by atoms with Gasteiger partial charge in [-0.05, 0) is 30.2 Å². The summed E-state index contributed by atoms with van der Waals surface area (Å²) in [6.45, 7) is 8.57. The highest BCUT2D eigenvalue weighted by Crippen LogP contribution is 2.16. The van der Waals surface area contributed by atoms with Crippen LogP contribution in [-0.2, 0) is 0 Å². The van der Waals surface area contributed by atoms with Crippen LogP contribution in [0.25, 0.3) is 11.8 Å². The maximum Gasteiger partial charge on any atom is 0.0991 e. The van der Waals surface area contributed by atoms with Gasteiger partial charge in [0.1, 0.15) is 0 Å². The van der Waals surface area contributed by atoms with Crippen LogP contribution in [0, 0.1) is 5.92 Å². The predicted octanol–water partition coefficient (Wildman–Crippen LogP) is 3.52. The summed E-state index contributed by atoms with van der Waals surface area (Å²) in [4.78, 5) is 4.07. The van der Waals surface area contributed by atoms with E-state index < -0.39 is 0 Å². The molecule has 3 heteroatoms. The van der Waals surface area contributed by atoms with Crippen molar-refractivity contribution in [3.05, 3.63) is 54.1 Å². The van der Waals surface area contributed by atoms with Crippen molar-refractivity contribution in [2.24, 2.45) is 5.92 Å². The third-order valence-corrected chi connectivity index (χ3v) is 3.37. The molecule has 0 amide bonds. The minimum Gasteiger partial charge on any atom is -0.313 e. The lowest BCUT2D eigenvalue weighted by Crippen LogP contribution is -2.18. The summed E-state index contributed by atoms with van der Waals surface area (Å²) >= 11 is 0. The molecule has 0 aliphatic rings. The van der Waals surface area contributed by atoms with E-state index in [0.29, 0.717) is 5.92 Å². The van der Waals surface area contributed by atoms with Crippen molar-refractivity contribution in [1.82, 2.24) is 14.9 Å². The molecule has 1 aromatic heterocycles. The Balaban J connectivity index is 2.16. The van der Waals surface area contributed by atoms with E-state index in [4.69, 9.17) is 0 Å². The zero-order valence-corrected chi connectivity index (χ0v) is 12.5. The van der Waals surface area contributed by atoms with Gasteiger partial charge in [0.15, 0.2) is 0 Å². The van der Waals surface area contributed by atoms with Gasteiger partial charge in [-0.1, -0.05) is 44.6 Å². The van der Waals surface area contributed by atoms with Gasteiger partial charge in [0.2, 0.25) is 0 Å². The van der Waals surface area contributed by atoms with Crippen LogP contribution in [-0.4, -0.2) is 22.6 Å². The molecule has 0 aliphatic heterocycles. The van der Waals surface area contributed by atoms with E-state index in [1.165, 1.54) is 11.1 Å². The number of nitrogens with one attached hydrogen (secondary N) is 1. The molecule has 0 aliphatic carbocycles. The Morgan fingerprint density at radius 3 is 2.60 bits per heavy atom. The Hall–Kier alpha value is -1.87. The largest absolute Gasteiger partial charge is 0.313 e. The number of imidazole rings is 1. The quantitative estimate of drug-likeness (QED) is 0.869. The second-order valence-electron chi connectivity index (χ2n) is 5.22. The SMILES string of the molecule is CCNCC(=Cc1ccc(-n2ccnc2)cc1)C(C)C. The van der Waals surface area contributed by atoms with Crippen molar-refractivity contribution in [1.29, 1.82) is 0 Å². The first kappa shape index (κ1) is 14.5. The van der Waals surface area contributed by atoms with Crippen LogP contribution in [0.2, 0.25) is 0 Å². The molecule has 0 saturated heterocycles. The monoisotopic (exact) mass is 269 g/mol. The van der Waals surface area contributed by atoms with Crippen molar-refractivity contribution in [2.45, 2.75) is 20.8 Å². The summed E-state index contributed by atoms with van der Waals surface area (Å²) in [5, 5.41) is 3.40. The van der Waals surface area contributed by atoms with Crippen LogP contribution in [0.15, 0.2) is 48.6 Å². The van der Waals surface area contributed by atoms with Crippen LogP contribution >= 0.6 is 0 Å². The molecule has 0 fully saturated rings. The van der Waals surface area contributed by atoms with Gasteiger partial charge in [-0.2, -0.15) is 0 Å². The third kappa shape index (κ3) is 3.81. The molecule has 2 rings (SSSR count). The van der Waals surface area contributed by atoms with Gasteiger partial charge in [-0.3, -0.25) is 0 Å². The summed E-state index contributed by atoms with van der Waals surface area (Å²) < 4.78 is 2.01. The normalized spacial score (nSPS) is 12.1. The maximum absolute atomic E-state index is 4.07. The summed E-state index contributed by atoms with van der Waals surface area (Å²) in [7, 11) is 0. The van der Waals surface area contributed by atoms with Gasteiger partial charge in [0, 0.05) is 24.6 Å². The second kappa shape index (κ2) is 7.06. The maximum atomic E-state index is 4.07. The topological polar surface area (TPSA) is 29.9 Å². The first-order valence-corrected chi connectivity index (χ1v) is 7.20. The van der Waals surface area contributed by atoms with Crippen molar-refractivity contribution in [3.8, 4) is 5.69 Å². The van der Waals surface area contributed by atoms with Gasteiger partial charge < -0.3 is 9.88 Å². The highest BCUT2D eigenvalue weighted by atomic mass is 15.0. The number of likely N-dealkylation sites (N-methyl/N-ethyl adjacent to an activating group) is 1. The minimum absolute atomic E-state index is 0.558. The fourth-order valence-electron chi connectivity index (χ4n) is 2.06. The van der Waals surface area contributed by atoms with Gasteiger partial charge in [-0.15, -0.1) is 0 Å². The highest BCUT2D eigenvalue weighted by Gasteiger charge is 2.03. The number of nitrogens with zero attached hydrogens (tertiary/aromatic N) is 2. The molecule has 20 heavy (non-hydrogen) atoms. The van der Waals surface area contributed by atoms with Crippen LogP contribution in [0.3, 0.4) is 0 Å². The predicted molar refractivity (Wildman–Crippen MR) is 84.9 cm³/mol. The zero-order chi connectivity index (χ0) is 14.4. The van der Waals surface area contributed by atoms with Crippen LogP contribution in [0.4, 0.5) is 0 Å². The lowest BCUT2D eigenvalue weighted by molar-refractivity contribution is 0.682. The molecule has 3 nitrogen and oxygen atoms in total. The Morgan fingerprint density at radius 1 is 1.30 bits per heavy atom. The average Bonchev–Trinajstić information content (AvgIpc) is 2.98. The van der Waals surface area contributed by atoms with E-state index in [-0.39, 0.29) is 0 Å². The fraction of sp³-hybridized carbons (Fsp3) is 0.353. The third-order valence-electron chi connectivity index (χ3n) is 3.37. The van der Waals surface area contributed by atoms with E-state index in [1.54, 1.807) is 6.20 Å². The van der Waals surface area contributed by atoms with Crippen molar-refractivity contribution < 1.29 is 0 Å². The Morgan fingerprint density at radius 2 is 2.05 bits per heavy atom. The molecule has 1 aromatic carbocycles. The number of rotatable bonds is 6. The summed E-state index contributed by atoms with van der Waals surface area (Å²) in [5.74, 6) is 0.558. The molecule has 1 N–H and O–H groups in total. The van der Waals surface area contributed by atoms with E-state index in [2.05, 4.69) is 61.4 Å². The molecular weight excluding hydrogens is 246 g/mol. The fourth-order valence-corrected chi connectivity index (χ4v) is 2.06.